The maximum absolute atomic E-state index is 14.9. The highest BCUT2D eigenvalue weighted by atomic mass is 32.1. The van der Waals surface area contributed by atoms with E-state index in [4.69, 9.17) is 0 Å². The molecule has 344 valence electrons. The van der Waals surface area contributed by atoms with Gasteiger partial charge >= 0.3 is 17.9 Å². The Balaban J connectivity index is 2.09. The minimum absolute atomic E-state index is 0.0648. The van der Waals surface area contributed by atoms with Gasteiger partial charge in [0.25, 0.3) is 0 Å². The van der Waals surface area contributed by atoms with E-state index in [1.807, 2.05) is 0 Å². The molecule has 1 aliphatic carbocycles. The molecule has 0 radical (unpaired) electrons. The van der Waals surface area contributed by atoms with Crippen LogP contribution in [-0.2, 0) is 43.2 Å². The van der Waals surface area contributed by atoms with E-state index >= 15 is 0 Å². The van der Waals surface area contributed by atoms with Crippen LogP contribution in [0, 0.1) is 11.8 Å². The van der Waals surface area contributed by atoms with Crippen molar-refractivity contribution in [3.8, 4) is 0 Å². The van der Waals surface area contributed by atoms with Gasteiger partial charge in [-0.05, 0) is 35.8 Å². The number of carbonyl (C=O) groups is 9. The van der Waals surface area contributed by atoms with E-state index in [0.29, 0.717) is 17.5 Å². The summed E-state index contributed by atoms with van der Waals surface area (Å²) in [6, 6.07) is 8.64. The second kappa shape index (κ2) is 25.8. The van der Waals surface area contributed by atoms with Crippen LogP contribution in [0.2, 0.25) is 0 Å². The van der Waals surface area contributed by atoms with Crippen LogP contribution in [-0.4, -0.2) is 111 Å². The summed E-state index contributed by atoms with van der Waals surface area (Å²) in [5.41, 5.74) is 1.10. The van der Waals surface area contributed by atoms with Crippen LogP contribution in [0.1, 0.15) is 102 Å². The number of aliphatic carboxylic acids is 3. The number of hydrogen-bond acceptors (Lipinski definition) is 10. The van der Waals surface area contributed by atoms with Gasteiger partial charge < -0.3 is 47.2 Å². The molecular formula is C44H60N6O12S. The number of rotatable bonds is 25. The maximum atomic E-state index is 14.9. The summed E-state index contributed by atoms with van der Waals surface area (Å²) in [4.78, 5) is 118. The third-order valence-corrected chi connectivity index (χ3v) is 11.5. The topological polar surface area (TPSA) is 286 Å². The Morgan fingerprint density at radius 3 is 1.60 bits per heavy atom. The van der Waals surface area contributed by atoms with Crippen molar-refractivity contribution in [3.63, 3.8) is 0 Å². The number of carboxylic acid groups (broad SMARTS) is 3. The summed E-state index contributed by atoms with van der Waals surface area (Å²) in [7, 11) is 0. The first kappa shape index (κ1) is 51.4. The highest BCUT2D eigenvalue weighted by Gasteiger charge is 2.39. The predicted molar refractivity (Wildman–Crippen MR) is 233 cm³/mol. The maximum Gasteiger partial charge on any atom is 0.327 e. The lowest BCUT2D eigenvalue weighted by atomic mass is 9.83. The number of thiol groups is 1. The summed E-state index contributed by atoms with van der Waals surface area (Å²) in [5, 5.41) is 43.9. The largest absolute Gasteiger partial charge is 0.481 e. The van der Waals surface area contributed by atoms with Gasteiger partial charge in [-0.3, -0.25) is 38.4 Å². The molecule has 2 aromatic carbocycles. The SMILES string of the molecule is CC[C@H](C)[C@H](NC(=O)[C@@H](NC(=O)[C@H](CCC(=O)O)NC(=O)[C@H](CC(=O)O)NC(C)=O)C(c1ccccc1)c1ccccc1)C(=O)N[C@@H](CC1CCCCC1)C(=O)N[C@@H](CS)C(=O)O. The molecule has 19 heteroatoms. The Kier molecular flexibility index (Phi) is 21.1. The molecule has 0 aliphatic heterocycles. The molecule has 18 nitrogen and oxygen atoms in total. The zero-order valence-corrected chi connectivity index (χ0v) is 36.6. The highest BCUT2D eigenvalue weighted by molar-refractivity contribution is 7.80. The van der Waals surface area contributed by atoms with Gasteiger partial charge in [-0.1, -0.05) is 113 Å². The molecule has 0 spiro atoms. The second-order valence-electron chi connectivity index (χ2n) is 15.9. The molecule has 2 aromatic rings. The van der Waals surface area contributed by atoms with Crippen LogP contribution in [0.15, 0.2) is 60.7 Å². The normalized spacial score (nSPS) is 16.1. The van der Waals surface area contributed by atoms with Gasteiger partial charge in [-0.25, -0.2) is 4.79 Å². The fraction of sp³-hybridized carbons (Fsp3) is 0.523. The molecule has 0 aromatic heterocycles. The van der Waals surface area contributed by atoms with E-state index in [-0.39, 0.29) is 18.1 Å². The van der Waals surface area contributed by atoms with Crippen LogP contribution in [0.5, 0.6) is 0 Å². The molecule has 1 aliphatic rings. The Hall–Kier alpha value is -5.98. The lowest BCUT2D eigenvalue weighted by Gasteiger charge is -2.33. The lowest BCUT2D eigenvalue weighted by molar-refractivity contribution is -0.142. The van der Waals surface area contributed by atoms with Crippen LogP contribution in [0.4, 0.5) is 0 Å². The van der Waals surface area contributed by atoms with Crippen molar-refractivity contribution < 1.29 is 58.5 Å². The first-order valence-electron chi connectivity index (χ1n) is 21.1. The molecule has 3 rings (SSSR count). The van der Waals surface area contributed by atoms with Crippen molar-refractivity contribution in [2.75, 3.05) is 5.75 Å². The van der Waals surface area contributed by atoms with Gasteiger partial charge in [0, 0.05) is 25.0 Å². The summed E-state index contributed by atoms with van der Waals surface area (Å²) in [6.45, 7) is 4.56. The van der Waals surface area contributed by atoms with Gasteiger partial charge in [0.1, 0.15) is 36.3 Å². The summed E-state index contributed by atoms with van der Waals surface area (Å²) in [6.07, 6.45) is 3.12. The summed E-state index contributed by atoms with van der Waals surface area (Å²) < 4.78 is 0. The minimum Gasteiger partial charge on any atom is -0.481 e. The van der Waals surface area contributed by atoms with E-state index in [9.17, 15) is 58.5 Å². The molecule has 9 N–H and O–H groups in total. The van der Waals surface area contributed by atoms with Crippen molar-refractivity contribution in [2.45, 2.75) is 127 Å². The molecule has 0 saturated heterocycles. The van der Waals surface area contributed by atoms with Crippen LogP contribution >= 0.6 is 12.6 Å². The zero-order chi connectivity index (χ0) is 46.6. The standard InChI is InChI=1S/C44H60N6O12S/c1-4-25(2)37(42(59)47-31(22-27-14-8-5-9-15-27)40(57)48-33(24-63)44(61)62)49-43(60)38(36(28-16-10-6-11-17-28)29-18-12-7-13-19-29)50-39(56)30(20-21-34(52)53)46-41(58)32(23-35(54)55)45-26(3)51/h6-7,10-13,16-19,25,27,30-33,36-38,63H,4-5,8-9,14-15,20-24H2,1-3H3,(H,45,51)(H,46,58)(H,47,59)(H,48,57)(H,49,60)(H,50,56)(H,52,53)(H,54,55)(H,61,62)/t25-,30-,31-,32-,33-,37-,38-/m0/s1. The quantitative estimate of drug-likeness (QED) is 0.0642. The van der Waals surface area contributed by atoms with Crippen LogP contribution < -0.4 is 31.9 Å². The van der Waals surface area contributed by atoms with Gasteiger partial charge in [-0.2, -0.15) is 12.6 Å². The minimum atomic E-state index is -1.65. The molecule has 63 heavy (non-hydrogen) atoms. The Morgan fingerprint density at radius 2 is 1.11 bits per heavy atom. The first-order chi connectivity index (χ1) is 29.9. The van der Waals surface area contributed by atoms with Crippen molar-refractivity contribution >= 4 is 66.0 Å². The van der Waals surface area contributed by atoms with E-state index in [1.165, 1.54) is 0 Å². The summed E-state index contributed by atoms with van der Waals surface area (Å²) in [5.74, 6) is -10.9. The number of benzene rings is 2. The Labute approximate surface area is 371 Å². The number of amides is 6. The van der Waals surface area contributed by atoms with E-state index in [1.54, 1.807) is 74.5 Å². The Morgan fingerprint density at radius 1 is 0.619 bits per heavy atom. The van der Waals surface area contributed by atoms with Gasteiger partial charge in [0.05, 0.1) is 6.42 Å². The van der Waals surface area contributed by atoms with E-state index < -0.39 is 121 Å². The average molecular weight is 897 g/mol. The fourth-order valence-corrected chi connectivity index (χ4v) is 7.79. The van der Waals surface area contributed by atoms with Crippen molar-refractivity contribution in [1.82, 2.24) is 31.9 Å². The van der Waals surface area contributed by atoms with Crippen molar-refractivity contribution in [3.05, 3.63) is 71.8 Å². The lowest BCUT2D eigenvalue weighted by Crippen LogP contribution is -2.61. The predicted octanol–water partition coefficient (Wildman–Crippen LogP) is 2.12. The molecule has 1 fully saturated rings. The molecule has 1 saturated carbocycles. The third kappa shape index (κ3) is 16.7. The van der Waals surface area contributed by atoms with Gasteiger partial charge in [0.2, 0.25) is 35.4 Å². The number of carboxylic acids is 3. The molecule has 0 unspecified atom stereocenters. The Bertz CT molecular complexity index is 1840. The monoisotopic (exact) mass is 896 g/mol. The molecule has 0 bridgehead atoms. The van der Waals surface area contributed by atoms with Crippen molar-refractivity contribution in [1.29, 1.82) is 0 Å². The number of nitrogens with one attached hydrogen (secondary N) is 6. The molecule has 6 amide bonds. The average Bonchev–Trinajstić information content (AvgIpc) is 3.25. The summed E-state index contributed by atoms with van der Waals surface area (Å²) >= 11 is 4.06. The number of hydrogen-bond donors (Lipinski definition) is 10. The first-order valence-corrected chi connectivity index (χ1v) is 21.7. The van der Waals surface area contributed by atoms with E-state index in [2.05, 4.69) is 44.5 Å². The second-order valence-corrected chi connectivity index (χ2v) is 16.2. The fourth-order valence-electron chi connectivity index (χ4n) is 7.54. The smallest absolute Gasteiger partial charge is 0.327 e. The molecule has 0 heterocycles. The highest BCUT2D eigenvalue weighted by Crippen LogP contribution is 2.30. The number of carbonyl (C=O) groups excluding carboxylic acids is 6. The van der Waals surface area contributed by atoms with Gasteiger partial charge in [0.15, 0.2) is 0 Å². The van der Waals surface area contributed by atoms with Crippen LogP contribution in [0.3, 0.4) is 0 Å². The van der Waals surface area contributed by atoms with Gasteiger partial charge in [-0.15, -0.1) is 0 Å². The molecule has 7 atom stereocenters. The zero-order valence-electron chi connectivity index (χ0n) is 35.7. The van der Waals surface area contributed by atoms with Crippen molar-refractivity contribution in [2.24, 2.45) is 11.8 Å². The third-order valence-electron chi connectivity index (χ3n) is 11.1. The van der Waals surface area contributed by atoms with E-state index in [0.717, 1.165) is 39.0 Å². The molecular weight excluding hydrogens is 837 g/mol. The van der Waals surface area contributed by atoms with Crippen LogP contribution in [0.25, 0.3) is 0 Å².